The van der Waals surface area contributed by atoms with Crippen molar-refractivity contribution in [2.24, 2.45) is 0 Å². The fourth-order valence-corrected chi connectivity index (χ4v) is 21.2. The summed E-state index contributed by atoms with van der Waals surface area (Å²) in [6, 6.07) is 3.56. The van der Waals surface area contributed by atoms with Crippen LogP contribution in [0.3, 0.4) is 0 Å². The molecule has 6 saturated heterocycles. The molecule has 9 aromatic heterocycles. The van der Waals surface area contributed by atoms with Crippen LogP contribution in [0.15, 0.2) is 84.5 Å². The van der Waals surface area contributed by atoms with Gasteiger partial charge in [0.15, 0.2) is 22.3 Å². The summed E-state index contributed by atoms with van der Waals surface area (Å²) >= 11 is 2.25. The van der Waals surface area contributed by atoms with Gasteiger partial charge in [0.1, 0.15) is 66.9 Å². The molecule has 5 unspecified atom stereocenters. The van der Waals surface area contributed by atoms with Crippen molar-refractivity contribution in [3.8, 4) is 0 Å². The van der Waals surface area contributed by atoms with Crippen molar-refractivity contribution in [3.63, 3.8) is 0 Å². The number of imidazole rings is 3. The molecule has 0 amide bonds. The Labute approximate surface area is 717 Å². The fraction of sp³-hybridized carbons (Fsp3) is 0.526. The predicted molar refractivity (Wildman–Crippen MR) is 419 cm³/mol. The van der Waals surface area contributed by atoms with Gasteiger partial charge in [-0.05, 0) is 12.1 Å². The summed E-state index contributed by atoms with van der Waals surface area (Å²) in [5.41, 5.74) is 27.9. The van der Waals surface area contributed by atoms with E-state index in [4.69, 9.17) is 113 Å². The number of H-pyrrole nitrogens is 3. The first kappa shape index (κ1) is 94.2. The van der Waals surface area contributed by atoms with Crippen LogP contribution in [0.1, 0.15) is 75.9 Å². The van der Waals surface area contributed by atoms with Crippen molar-refractivity contribution in [1.29, 1.82) is 0 Å². The molecule has 0 aliphatic carbocycles. The molecule has 0 bridgehead atoms. The molecule has 6 aliphatic rings. The number of nitrogens with zero attached hydrogens (tertiary/aromatic N) is 15. The molecule has 6 fully saturated rings. The number of phosphoric acid groups is 6. The Morgan fingerprint density at radius 1 is 0.344 bits per heavy atom. The van der Waals surface area contributed by atoms with Crippen LogP contribution in [0.25, 0.3) is 33.5 Å². The zero-order valence-electron chi connectivity index (χ0n) is 64.5. The first-order chi connectivity index (χ1) is 60.1. The quantitative estimate of drug-likeness (QED) is 0.0135. The van der Waals surface area contributed by atoms with Crippen molar-refractivity contribution in [1.82, 2.24) is 87.2 Å². The van der Waals surface area contributed by atoms with Gasteiger partial charge in [-0.3, -0.25) is 60.4 Å². The van der Waals surface area contributed by atoms with Crippen LogP contribution in [0.2, 0.25) is 0 Å². The number of hydrogen-bond acceptors (Lipinski definition) is 46. The summed E-state index contributed by atoms with van der Waals surface area (Å²) in [6.45, 7) is -6.36. The SMILES string of the molecule is Nc1ccn([C@H]2C[C@H](OP(=O)(O)OC[C@H]3O[C@@H](n4cnc5c(=O)[nH]c(N)nc54)C[C@@H]3OP(=O)(O)OC[C@H]3O[C@@H](n4ccc(N)nc4=O)C[C@@H]3OP(=O)(O)OC[C@H]3O[C@@H](n4cnc5c(=O)[nH]c(N)nc54)C[C@@H]3OP(=O)(O)OC[C@H]3O[C@@H](n4ccc(N)nc4=O)C[C@@H]3OP(=O)([Se])OC[C@H]3O[C@@H](n4cnc5c(=O)[nH]c(N)nc54)C[C@@H]3OP(=O)(O)O)[C@@H](COP(=O)(O)O)O2)c(=O)n1. The van der Waals surface area contributed by atoms with Gasteiger partial charge in [0.05, 0.1) is 32.5 Å². The Kier molecular flexibility index (Phi) is 27.2. The molecule has 697 valence electrons. The smallest absolute Gasteiger partial charge is 0.349 e. The Morgan fingerprint density at radius 2 is 0.586 bits per heavy atom. The number of aromatic nitrogens is 18. The number of nitrogen functional groups attached to an aromatic ring is 6. The van der Waals surface area contributed by atoms with Crippen LogP contribution >= 0.6 is 53.2 Å². The van der Waals surface area contributed by atoms with Crippen LogP contribution in [0, 0.1) is 0 Å². The summed E-state index contributed by atoms with van der Waals surface area (Å²) in [4.78, 5) is 205. The summed E-state index contributed by atoms with van der Waals surface area (Å²) in [5.74, 6) is -1.84. The minimum atomic E-state index is -5.70. The van der Waals surface area contributed by atoms with E-state index in [-0.39, 0.29) is 63.3 Å². The van der Waals surface area contributed by atoms with Crippen molar-refractivity contribution in [3.05, 3.63) is 118 Å². The van der Waals surface area contributed by atoms with Gasteiger partial charge in [0, 0.05) is 31.7 Å². The number of rotatable bonds is 36. The van der Waals surface area contributed by atoms with Gasteiger partial charge in [-0.15, -0.1) is 0 Å². The Balaban J connectivity index is 0.639. The van der Waals surface area contributed by atoms with Crippen LogP contribution in [-0.4, -0.2) is 255 Å². The minimum Gasteiger partial charge on any atom is -0.349 e. The number of phosphoric ester groups is 6. The van der Waals surface area contributed by atoms with E-state index in [0.717, 1.165) is 66.5 Å². The molecule has 63 nitrogen and oxygen atoms in total. The second kappa shape index (κ2) is 37.0. The molecule has 9 aromatic rings. The van der Waals surface area contributed by atoms with Crippen molar-refractivity contribution in [2.45, 2.75) is 149 Å². The van der Waals surface area contributed by atoms with Crippen LogP contribution in [-0.2, 0) is 115 Å². The van der Waals surface area contributed by atoms with E-state index < -0.39 is 281 Å². The maximum atomic E-state index is 14.5. The number of hydrogen-bond donors (Lipinski definition) is 17. The molecular weight excluding hydrogens is 1940 g/mol. The average molecular weight is 2020 g/mol. The molecular formula is C57H74N24O39P7Se. The molecule has 0 aromatic carbocycles. The molecule has 128 heavy (non-hydrogen) atoms. The second-order valence-electron chi connectivity index (χ2n) is 28.6. The molecule has 15 rings (SSSR count). The monoisotopic (exact) mass is 2020 g/mol. The zero-order chi connectivity index (χ0) is 91.8. The molecule has 1 radical (unpaired) electrons. The molecule has 71 heteroatoms. The van der Waals surface area contributed by atoms with E-state index >= 15 is 0 Å². The number of nitrogens with one attached hydrogen (secondary N) is 3. The van der Waals surface area contributed by atoms with Gasteiger partial charge < -0.3 is 61.6 Å². The van der Waals surface area contributed by atoms with Gasteiger partial charge in [0.2, 0.25) is 11.9 Å². The number of aromatic amines is 3. The summed E-state index contributed by atoms with van der Waals surface area (Å²) < 4.78 is 203. The normalized spacial score (nSPS) is 28.8. The third-order valence-electron chi connectivity index (χ3n) is 19.9. The van der Waals surface area contributed by atoms with Crippen molar-refractivity contribution >= 4 is 138 Å². The van der Waals surface area contributed by atoms with Crippen LogP contribution in [0.5, 0.6) is 0 Å². The number of fused-ring (bicyclic) bond motifs is 3. The van der Waals surface area contributed by atoms with Gasteiger partial charge in [-0.25, -0.2) is 37.8 Å². The average Bonchev–Trinajstić information content (AvgIpc) is 1.39. The largest absolute Gasteiger partial charge is 0.469 e. The number of anilines is 6. The van der Waals surface area contributed by atoms with E-state index in [1.165, 1.54) is 16.7 Å². The summed E-state index contributed by atoms with van der Waals surface area (Å²) in [7, 11) is -33.1. The van der Waals surface area contributed by atoms with Crippen molar-refractivity contribution in [2.75, 3.05) is 74.0 Å². The third kappa shape index (κ3) is 22.3. The number of nitrogens with two attached hydrogens (primary N) is 6. The molecule has 0 spiro atoms. The first-order valence-corrected chi connectivity index (χ1v) is 49.8. The standard InChI is InChI=1S/C57H74N24O39P7Se/c58-34-1-4-76(55(85)67-34)37-8-23(28(109-37)13-103-121(88,89)90)116-123(94,95)105-15-30-25(10-41(112-30)80-20-65-44-47(80)71-53(62)74-50(44)83)118-125(98,99)104-14-29-24(9-38(110-29)77-5-2-35(59)68-56(77)86)117-124(96,97)106-16-31-26(11-42(113-31)81-21-66-45-48(81)72-54(63)75-51(45)84)119-126(100,101)107-17-32-27(12-39(111-32)78-6-3-36(60)69-57(78)87)120-127(102,128)108-18-33-22(115-122(91,92)93)7-40(114-33)79-19-64-43-46(79)70-52(61)73-49(43)82/h1-6,19-33,37-42H,7-18H2,(H,94,95)(H,96,97)(H,98,99)(H,100,101)(H2,58,67,85)(H2,59,68,86)(H2,60,69,87)(H2,88,89,90)(H2,91,92,93)(H3,61,70,73,82)(H3,62,71,74,83)(H3,63,72,75,84)/t22-,23-,24-,25-,26-,27-,28+,29+,30+,31+,32+,33+,37+,38+,39+,40+,41+,42+,127?/m0/s1. The van der Waals surface area contributed by atoms with E-state index in [2.05, 4.69) is 79.9 Å². The summed E-state index contributed by atoms with van der Waals surface area (Å²) in [6.07, 6.45) is -30.0. The van der Waals surface area contributed by atoms with Crippen LogP contribution in [0.4, 0.5) is 35.3 Å². The van der Waals surface area contributed by atoms with Gasteiger partial charge in [0.25, 0.3) is 11.1 Å². The van der Waals surface area contributed by atoms with Gasteiger partial charge >= 0.3 is 352 Å². The molecule has 6 aliphatic heterocycles. The Morgan fingerprint density at radius 3 is 0.844 bits per heavy atom. The Bertz CT molecular complexity index is 6450. The second-order valence-corrected chi connectivity index (χ2v) is 40.8. The van der Waals surface area contributed by atoms with Gasteiger partial charge in [-0.2, -0.15) is 19.9 Å². The molecule has 15 heterocycles. The number of ether oxygens (including phenoxy) is 6. The first-order valence-electron chi connectivity index (χ1n) is 37.0. The van der Waals surface area contributed by atoms with Crippen LogP contribution < -0.4 is 68.1 Å². The fourth-order valence-electron chi connectivity index (χ4n) is 14.4. The maximum absolute atomic E-state index is 14.5. The maximum Gasteiger partial charge on any atom is 0.469 e. The van der Waals surface area contributed by atoms with E-state index in [9.17, 15) is 99.9 Å². The summed E-state index contributed by atoms with van der Waals surface area (Å²) in [5, 5.41) is 0. The Hall–Kier alpha value is -8.42. The third-order valence-corrected chi connectivity index (χ3v) is 27.2. The van der Waals surface area contributed by atoms with Crippen molar-refractivity contribution < 1.29 is 154 Å². The topological polar surface area (TPSA) is 899 Å². The van der Waals surface area contributed by atoms with E-state index in [0.29, 0.717) is 0 Å². The zero-order valence-corrected chi connectivity index (χ0v) is 72.5. The predicted octanol–water partition coefficient (Wildman–Crippen LogP) is -3.35. The molecule has 23 atom stereocenters. The van der Waals surface area contributed by atoms with E-state index in [1.807, 2.05) is 0 Å². The molecule has 0 saturated carbocycles. The minimum absolute atomic E-state index is 0.104. The van der Waals surface area contributed by atoms with E-state index in [1.54, 1.807) is 0 Å². The molecule has 23 N–H and O–H groups in total. The van der Waals surface area contributed by atoms with Gasteiger partial charge in [-0.1, -0.05) is 0 Å².